The maximum atomic E-state index is 10.4. The summed E-state index contributed by atoms with van der Waals surface area (Å²) in [5.41, 5.74) is 9.43. The Bertz CT molecular complexity index is 281. The number of nitrogens with one attached hydrogen (secondary N) is 2. The van der Waals surface area contributed by atoms with Crippen LogP contribution in [0.4, 0.5) is 0 Å². The summed E-state index contributed by atoms with van der Waals surface area (Å²) >= 11 is 0. The molecule has 5 atom stereocenters. The second kappa shape index (κ2) is 9.03. The summed E-state index contributed by atoms with van der Waals surface area (Å²) < 4.78 is 0. The summed E-state index contributed by atoms with van der Waals surface area (Å²) in [4.78, 5) is 0. The third kappa shape index (κ3) is 4.99. The Balaban J connectivity index is 0.00000324. The first kappa shape index (κ1) is 19.9. The molecule has 1 saturated carbocycles. The van der Waals surface area contributed by atoms with Gasteiger partial charge in [-0.05, 0) is 25.2 Å². The third-order valence-corrected chi connectivity index (χ3v) is 4.47. The quantitative estimate of drug-likeness (QED) is 0.613. The molecule has 1 radical (unpaired) electrons. The van der Waals surface area contributed by atoms with Crippen molar-refractivity contribution in [3.05, 3.63) is 18.0 Å². The van der Waals surface area contributed by atoms with E-state index in [0.717, 1.165) is 25.0 Å². The summed E-state index contributed by atoms with van der Waals surface area (Å²) in [6.45, 7) is 12.2. The Kier molecular flexibility index (Phi) is 9.46. The van der Waals surface area contributed by atoms with Gasteiger partial charge in [-0.15, -0.1) is 6.04 Å². The van der Waals surface area contributed by atoms with Crippen LogP contribution in [0.5, 0.6) is 0 Å². The SMILES string of the molecule is C=C(C)N[C@@H]1C[C@H](C)[C@@H](O)[C@H]1C([NH-])C(CC)CC.[Ac]. The molecule has 0 amide bonds. The van der Waals surface area contributed by atoms with Crippen LogP contribution in [0.15, 0.2) is 12.3 Å². The monoisotopic (exact) mass is 480 g/mol. The first-order valence-corrected chi connectivity index (χ1v) is 7.23. The molecule has 1 aliphatic rings. The molecule has 1 rings (SSSR count). The molecule has 0 heterocycles. The van der Waals surface area contributed by atoms with E-state index in [0.29, 0.717) is 5.92 Å². The van der Waals surface area contributed by atoms with E-state index in [-0.39, 0.29) is 74.1 Å². The molecule has 1 aliphatic carbocycles. The van der Waals surface area contributed by atoms with Crippen molar-refractivity contribution in [2.24, 2.45) is 17.8 Å². The van der Waals surface area contributed by atoms with Crippen molar-refractivity contribution in [2.45, 2.75) is 65.1 Å². The average molecular weight is 480 g/mol. The van der Waals surface area contributed by atoms with Crippen molar-refractivity contribution in [1.29, 1.82) is 0 Å². The van der Waals surface area contributed by atoms with Crippen molar-refractivity contribution in [3.8, 4) is 0 Å². The summed E-state index contributed by atoms with van der Waals surface area (Å²) in [6.07, 6.45) is 2.61. The number of rotatable bonds is 6. The fraction of sp³-hybridized carbons (Fsp3) is 0.867. The van der Waals surface area contributed by atoms with E-state index in [2.05, 4.69) is 32.7 Å². The van der Waals surface area contributed by atoms with Gasteiger partial charge < -0.3 is 16.2 Å². The van der Waals surface area contributed by atoms with E-state index in [1.54, 1.807) is 0 Å². The van der Waals surface area contributed by atoms with Crippen LogP contribution in [0.25, 0.3) is 5.73 Å². The zero-order valence-electron chi connectivity index (χ0n) is 12.8. The van der Waals surface area contributed by atoms with Crippen molar-refractivity contribution < 1.29 is 49.2 Å². The average Bonchev–Trinajstić information content (AvgIpc) is 2.55. The second-order valence-electron chi connectivity index (χ2n) is 5.91. The van der Waals surface area contributed by atoms with Gasteiger partial charge >= 0.3 is 0 Å². The zero-order valence-corrected chi connectivity index (χ0v) is 17.6. The minimum Gasteiger partial charge on any atom is -0.674 e. The van der Waals surface area contributed by atoms with Crippen molar-refractivity contribution in [3.63, 3.8) is 0 Å². The second-order valence-corrected chi connectivity index (χ2v) is 5.91. The molecule has 0 bridgehead atoms. The summed E-state index contributed by atoms with van der Waals surface area (Å²) in [6, 6.07) is 0.0207. The van der Waals surface area contributed by atoms with E-state index in [4.69, 9.17) is 5.73 Å². The van der Waals surface area contributed by atoms with Crippen LogP contribution >= 0.6 is 0 Å². The van der Waals surface area contributed by atoms with Gasteiger partial charge in [0.05, 0.1) is 6.10 Å². The summed E-state index contributed by atoms with van der Waals surface area (Å²) in [5.74, 6) is 0.681. The maximum absolute atomic E-state index is 10.4. The molecule has 0 saturated heterocycles. The molecule has 4 heteroatoms. The van der Waals surface area contributed by atoms with Crippen molar-refractivity contribution >= 4 is 0 Å². The number of aliphatic hydroxyl groups excluding tert-OH is 1. The molecule has 1 fully saturated rings. The summed E-state index contributed by atoms with van der Waals surface area (Å²) in [5, 5.41) is 13.7. The molecule has 0 spiro atoms. The predicted molar refractivity (Wildman–Crippen MR) is 77.2 cm³/mol. The van der Waals surface area contributed by atoms with Crippen LogP contribution in [0, 0.1) is 61.8 Å². The van der Waals surface area contributed by atoms with Gasteiger partial charge in [0.25, 0.3) is 0 Å². The Labute approximate surface area is 154 Å². The van der Waals surface area contributed by atoms with Crippen LogP contribution in [-0.4, -0.2) is 23.3 Å². The Morgan fingerprint density at radius 3 is 2.37 bits per heavy atom. The van der Waals surface area contributed by atoms with E-state index in [1.165, 1.54) is 0 Å². The molecular weight excluding hydrogens is 451 g/mol. The van der Waals surface area contributed by atoms with E-state index >= 15 is 0 Å². The molecule has 0 aromatic rings. The smallest absolute Gasteiger partial charge is 0.0600 e. The van der Waals surface area contributed by atoms with Crippen LogP contribution in [0.2, 0.25) is 0 Å². The molecule has 0 aromatic carbocycles. The fourth-order valence-corrected chi connectivity index (χ4v) is 3.36. The first-order valence-electron chi connectivity index (χ1n) is 7.23. The van der Waals surface area contributed by atoms with Gasteiger partial charge in [0, 0.05) is 55.8 Å². The van der Waals surface area contributed by atoms with Gasteiger partial charge in [-0.1, -0.05) is 46.1 Å². The van der Waals surface area contributed by atoms with Crippen molar-refractivity contribution in [1.82, 2.24) is 5.32 Å². The van der Waals surface area contributed by atoms with Crippen LogP contribution in [0.3, 0.4) is 0 Å². The largest absolute Gasteiger partial charge is 0.674 e. The standard InChI is InChI=1S/C15H29N2O.Ac/c1-6-11(7-2)14(16)13-12(17-9(3)4)8-10(5)15(13)18;/h10-18H,3,6-8H2,1-2,4-5H3;/q-1;/t10-,12+,13+,14?,15+;/m0./s1. The Hall–Kier alpha value is 0.902. The minimum absolute atomic E-state index is 0. The molecule has 0 aliphatic heterocycles. The van der Waals surface area contributed by atoms with Gasteiger partial charge in [0.2, 0.25) is 0 Å². The normalized spacial score (nSPS) is 31.9. The van der Waals surface area contributed by atoms with Gasteiger partial charge in [-0.2, -0.15) is 0 Å². The molecule has 0 aromatic heterocycles. The Morgan fingerprint density at radius 2 is 1.95 bits per heavy atom. The molecule has 1 unspecified atom stereocenters. The van der Waals surface area contributed by atoms with Crippen LogP contribution in [-0.2, 0) is 0 Å². The number of hydrogen-bond acceptors (Lipinski definition) is 2. The van der Waals surface area contributed by atoms with E-state index in [1.807, 2.05) is 6.92 Å². The van der Waals surface area contributed by atoms with E-state index < -0.39 is 0 Å². The maximum Gasteiger partial charge on any atom is 0.0600 e. The van der Waals surface area contributed by atoms with Gasteiger partial charge in [-0.25, -0.2) is 0 Å². The fourth-order valence-electron chi connectivity index (χ4n) is 3.36. The molecule has 19 heavy (non-hydrogen) atoms. The minimum atomic E-state index is -0.357. The number of allylic oxidation sites excluding steroid dienone is 1. The topological polar surface area (TPSA) is 56.1 Å². The van der Waals surface area contributed by atoms with Gasteiger partial charge in [0.1, 0.15) is 0 Å². The van der Waals surface area contributed by atoms with Crippen molar-refractivity contribution in [2.75, 3.05) is 0 Å². The Morgan fingerprint density at radius 1 is 1.42 bits per heavy atom. The third-order valence-electron chi connectivity index (χ3n) is 4.47. The molecule has 109 valence electrons. The zero-order chi connectivity index (χ0) is 13.9. The molecular formula is C15H29AcN2O-. The predicted octanol–water partition coefficient (Wildman–Crippen LogP) is 3.35. The first-order chi connectivity index (χ1) is 8.42. The van der Waals surface area contributed by atoms with Crippen LogP contribution in [0.1, 0.15) is 47.0 Å². The van der Waals surface area contributed by atoms with Gasteiger partial charge in [-0.3, -0.25) is 0 Å². The van der Waals surface area contributed by atoms with E-state index in [9.17, 15) is 5.11 Å². The van der Waals surface area contributed by atoms with Crippen LogP contribution < -0.4 is 5.32 Å². The molecule has 3 nitrogen and oxygen atoms in total. The number of hydrogen-bond donors (Lipinski definition) is 2. The number of aliphatic hydroxyl groups is 1. The molecule has 3 N–H and O–H groups in total. The van der Waals surface area contributed by atoms with Gasteiger partial charge in [0.15, 0.2) is 0 Å². The summed E-state index contributed by atoms with van der Waals surface area (Å²) in [7, 11) is 0.